The maximum atomic E-state index is 9.71. The fraction of sp³-hybridized carbons (Fsp3) is 0.214. The van der Waals surface area contributed by atoms with Crippen molar-refractivity contribution < 1.29 is 0 Å². The minimum Gasteiger partial charge on any atom is -0.369 e. The van der Waals surface area contributed by atoms with E-state index in [1.807, 2.05) is 12.4 Å². The topological polar surface area (TPSA) is 71.0 Å². The predicted octanol–water partition coefficient (Wildman–Crippen LogP) is 5.32. The van der Waals surface area contributed by atoms with Gasteiger partial charge in [0.05, 0.1) is 11.3 Å². The number of hydrogen-bond donors (Lipinski definition) is 2. The summed E-state index contributed by atoms with van der Waals surface area (Å²) in [7, 11) is 0. The highest BCUT2D eigenvalue weighted by Crippen LogP contribution is 2.30. The van der Waals surface area contributed by atoms with Gasteiger partial charge in [-0.25, -0.2) is 0 Å². The lowest BCUT2D eigenvalue weighted by Crippen LogP contribution is -2.46. The Bertz CT molecular complexity index is 1340. The Kier molecular flexibility index (Phi) is 6.28. The van der Waals surface area contributed by atoms with E-state index in [1.54, 1.807) is 6.20 Å². The summed E-state index contributed by atoms with van der Waals surface area (Å²) in [5.74, 6) is 0. The minimum absolute atomic E-state index is 0.534. The molecule has 170 valence electrons. The third-order valence-corrected chi connectivity index (χ3v) is 6.51. The van der Waals surface area contributed by atoms with Gasteiger partial charge in [-0.2, -0.15) is 5.26 Å². The second-order valence-electron chi connectivity index (χ2n) is 8.59. The van der Waals surface area contributed by atoms with Gasteiger partial charge in [-0.1, -0.05) is 30.4 Å². The summed E-state index contributed by atoms with van der Waals surface area (Å²) in [6.07, 6.45) is 9.62. The molecule has 2 N–H and O–H groups in total. The molecule has 6 nitrogen and oxygen atoms in total. The number of aromatic nitrogens is 2. The average molecular weight is 449 g/mol. The maximum absolute atomic E-state index is 9.71. The van der Waals surface area contributed by atoms with Crippen molar-refractivity contribution in [3.05, 3.63) is 89.9 Å². The van der Waals surface area contributed by atoms with Gasteiger partial charge < -0.3 is 15.2 Å². The first-order valence-electron chi connectivity index (χ1n) is 11.6. The van der Waals surface area contributed by atoms with E-state index in [4.69, 9.17) is 0 Å². The minimum atomic E-state index is 0.534. The standard InChI is InChI=1S/C28H28N6/c1-21-25-11-12-31-27(25)10-9-26(21)32-28-22(19-30-20-23(28)18-29)6-5-13-33-14-16-34(17-15-33)24-7-3-2-4-8-24/h2-12,19-20,31H,13-17H2,1H3,(H,30,32)/b6-5+. The van der Waals surface area contributed by atoms with Crippen LogP contribution in [0.1, 0.15) is 16.7 Å². The number of hydrogen-bond acceptors (Lipinski definition) is 5. The van der Waals surface area contributed by atoms with Gasteiger partial charge in [0.15, 0.2) is 0 Å². The number of piperazine rings is 1. The summed E-state index contributed by atoms with van der Waals surface area (Å²) < 4.78 is 0. The average Bonchev–Trinajstić information content (AvgIpc) is 3.37. The van der Waals surface area contributed by atoms with E-state index < -0.39 is 0 Å². The third-order valence-electron chi connectivity index (χ3n) is 6.51. The number of para-hydroxylation sites is 1. The van der Waals surface area contributed by atoms with Gasteiger partial charge in [-0.05, 0) is 42.8 Å². The Morgan fingerprint density at radius 3 is 2.68 bits per heavy atom. The smallest absolute Gasteiger partial charge is 0.103 e. The van der Waals surface area contributed by atoms with Crippen molar-refractivity contribution in [1.82, 2.24) is 14.9 Å². The molecule has 3 heterocycles. The van der Waals surface area contributed by atoms with E-state index in [-0.39, 0.29) is 0 Å². The summed E-state index contributed by atoms with van der Waals surface area (Å²) in [5, 5.41) is 14.4. The number of pyridine rings is 1. The number of nitrogens with zero attached hydrogens (tertiary/aromatic N) is 4. The van der Waals surface area contributed by atoms with Gasteiger partial charge >= 0.3 is 0 Å². The van der Waals surface area contributed by atoms with E-state index in [2.05, 4.69) is 98.8 Å². The summed E-state index contributed by atoms with van der Waals surface area (Å²) >= 11 is 0. The van der Waals surface area contributed by atoms with E-state index in [0.717, 1.165) is 60.7 Å². The molecular formula is C28H28N6. The quantitative estimate of drug-likeness (QED) is 0.418. The molecule has 2 aromatic heterocycles. The Labute approximate surface area is 200 Å². The van der Waals surface area contributed by atoms with Crippen molar-refractivity contribution in [2.24, 2.45) is 0 Å². The Balaban J connectivity index is 1.29. The van der Waals surface area contributed by atoms with Gasteiger partial charge in [0, 0.05) is 79.2 Å². The molecule has 0 aliphatic carbocycles. The number of nitrogens with one attached hydrogen (secondary N) is 2. The number of rotatable bonds is 6. The molecule has 1 aliphatic heterocycles. The molecule has 6 heteroatoms. The predicted molar refractivity (Wildman–Crippen MR) is 139 cm³/mol. The molecule has 0 bridgehead atoms. The largest absolute Gasteiger partial charge is 0.369 e. The summed E-state index contributed by atoms with van der Waals surface area (Å²) in [6, 6.07) is 19.1. The lowest BCUT2D eigenvalue weighted by molar-refractivity contribution is 0.284. The number of benzene rings is 2. The molecule has 2 aromatic carbocycles. The van der Waals surface area contributed by atoms with Crippen LogP contribution in [-0.2, 0) is 0 Å². The van der Waals surface area contributed by atoms with Gasteiger partial charge in [-0.3, -0.25) is 9.88 Å². The highest BCUT2D eigenvalue weighted by Gasteiger charge is 2.16. The van der Waals surface area contributed by atoms with Crippen LogP contribution in [0.15, 0.2) is 73.2 Å². The Morgan fingerprint density at radius 2 is 1.88 bits per heavy atom. The first kappa shape index (κ1) is 21.7. The van der Waals surface area contributed by atoms with E-state index >= 15 is 0 Å². The third kappa shape index (κ3) is 4.52. The lowest BCUT2D eigenvalue weighted by atomic mass is 10.1. The van der Waals surface area contributed by atoms with E-state index in [1.165, 1.54) is 11.1 Å². The molecule has 0 saturated carbocycles. The first-order valence-corrected chi connectivity index (χ1v) is 11.6. The SMILES string of the molecule is Cc1c(Nc2c(C#N)cncc2/C=C/CN2CCN(c3ccccc3)CC2)ccc2[nH]ccc12. The van der Waals surface area contributed by atoms with Gasteiger partial charge in [0.1, 0.15) is 6.07 Å². The summed E-state index contributed by atoms with van der Waals surface area (Å²) in [6.45, 7) is 7.06. The number of anilines is 3. The van der Waals surface area contributed by atoms with Crippen molar-refractivity contribution in [3.63, 3.8) is 0 Å². The van der Waals surface area contributed by atoms with Crippen molar-refractivity contribution in [2.75, 3.05) is 42.9 Å². The molecule has 5 rings (SSSR count). The zero-order chi connectivity index (χ0) is 23.3. The molecule has 0 atom stereocenters. The summed E-state index contributed by atoms with van der Waals surface area (Å²) in [5.41, 5.74) is 6.77. The number of aryl methyl sites for hydroxylation is 1. The molecule has 0 spiro atoms. The van der Waals surface area contributed by atoms with Gasteiger partial charge in [0.2, 0.25) is 0 Å². The lowest BCUT2D eigenvalue weighted by Gasteiger charge is -2.35. The van der Waals surface area contributed by atoms with Crippen LogP contribution in [0.5, 0.6) is 0 Å². The van der Waals surface area contributed by atoms with Crippen LogP contribution in [0.4, 0.5) is 17.1 Å². The summed E-state index contributed by atoms with van der Waals surface area (Å²) in [4.78, 5) is 12.4. The molecule has 34 heavy (non-hydrogen) atoms. The molecule has 0 unspecified atom stereocenters. The van der Waals surface area contributed by atoms with Crippen molar-refractivity contribution >= 4 is 34.0 Å². The van der Waals surface area contributed by atoms with E-state index in [9.17, 15) is 5.26 Å². The number of aromatic amines is 1. The Hall–Kier alpha value is -4.08. The monoisotopic (exact) mass is 448 g/mol. The number of fused-ring (bicyclic) bond motifs is 1. The first-order chi connectivity index (χ1) is 16.7. The van der Waals surface area contributed by atoms with E-state index in [0.29, 0.717) is 5.56 Å². The second-order valence-corrected chi connectivity index (χ2v) is 8.59. The molecule has 0 radical (unpaired) electrons. The fourth-order valence-electron chi connectivity index (χ4n) is 4.54. The fourth-order valence-corrected chi connectivity index (χ4v) is 4.54. The maximum Gasteiger partial charge on any atom is 0.103 e. The highest BCUT2D eigenvalue weighted by atomic mass is 15.3. The van der Waals surface area contributed by atoms with Crippen LogP contribution < -0.4 is 10.2 Å². The van der Waals surface area contributed by atoms with Crippen LogP contribution in [0.3, 0.4) is 0 Å². The molecular weight excluding hydrogens is 420 g/mol. The van der Waals surface area contributed by atoms with Crippen molar-refractivity contribution in [1.29, 1.82) is 5.26 Å². The van der Waals surface area contributed by atoms with Crippen LogP contribution in [0, 0.1) is 18.3 Å². The zero-order valence-corrected chi connectivity index (χ0v) is 19.3. The highest BCUT2D eigenvalue weighted by molar-refractivity contribution is 5.89. The molecule has 1 aliphatic rings. The van der Waals surface area contributed by atoms with Crippen LogP contribution in [0.2, 0.25) is 0 Å². The van der Waals surface area contributed by atoms with Crippen molar-refractivity contribution in [3.8, 4) is 6.07 Å². The normalized spacial score (nSPS) is 14.5. The second kappa shape index (κ2) is 9.82. The van der Waals surface area contributed by atoms with Crippen LogP contribution >= 0.6 is 0 Å². The molecule has 1 saturated heterocycles. The number of nitriles is 1. The number of H-pyrrole nitrogens is 1. The van der Waals surface area contributed by atoms with Crippen molar-refractivity contribution in [2.45, 2.75) is 6.92 Å². The molecule has 1 fully saturated rings. The Morgan fingerprint density at radius 1 is 1.06 bits per heavy atom. The zero-order valence-electron chi connectivity index (χ0n) is 19.3. The van der Waals surface area contributed by atoms with Crippen LogP contribution in [-0.4, -0.2) is 47.6 Å². The molecule has 0 amide bonds. The van der Waals surface area contributed by atoms with Gasteiger partial charge in [-0.15, -0.1) is 0 Å². The van der Waals surface area contributed by atoms with Gasteiger partial charge in [0.25, 0.3) is 0 Å². The molecule has 4 aromatic rings. The van der Waals surface area contributed by atoms with Crippen LogP contribution in [0.25, 0.3) is 17.0 Å².